The molecule has 0 atom stereocenters. The van der Waals surface area contributed by atoms with Crippen LogP contribution in [-0.4, -0.2) is 19.2 Å². The fourth-order valence-corrected chi connectivity index (χ4v) is 5.96. The van der Waals surface area contributed by atoms with Crippen molar-refractivity contribution < 1.29 is 23.7 Å². The zero-order valence-electron chi connectivity index (χ0n) is 24.7. The maximum Gasteiger partial charge on any atom is 0.340 e. The van der Waals surface area contributed by atoms with E-state index in [0.717, 1.165) is 41.0 Å². The van der Waals surface area contributed by atoms with Gasteiger partial charge < -0.3 is 18.9 Å². The summed E-state index contributed by atoms with van der Waals surface area (Å²) in [7, 11) is 0. The lowest BCUT2D eigenvalue weighted by Gasteiger charge is -2.36. The minimum Gasteiger partial charge on any atom is -0.493 e. The molecule has 0 amide bonds. The van der Waals surface area contributed by atoms with Gasteiger partial charge in [-0.3, -0.25) is 0 Å². The molecule has 218 valence electrons. The molecule has 0 saturated carbocycles. The van der Waals surface area contributed by atoms with Crippen molar-refractivity contribution in [3.8, 4) is 23.0 Å². The van der Waals surface area contributed by atoms with E-state index in [0.29, 0.717) is 30.3 Å². The molecule has 41 heavy (non-hydrogen) atoms. The second kappa shape index (κ2) is 13.9. The Morgan fingerprint density at radius 1 is 0.610 bits per heavy atom. The van der Waals surface area contributed by atoms with Crippen molar-refractivity contribution in [3.63, 3.8) is 0 Å². The first kappa shape index (κ1) is 29.0. The van der Waals surface area contributed by atoms with Crippen molar-refractivity contribution >= 4 is 5.97 Å². The minimum absolute atomic E-state index is 0.328. The maximum atomic E-state index is 13.1. The second-order valence-electron chi connectivity index (χ2n) is 11.3. The lowest BCUT2D eigenvalue weighted by Crippen LogP contribution is -2.33. The molecular formula is C36H44O5. The number of hydrogen-bond acceptors (Lipinski definition) is 5. The fraction of sp³-hybridized carbons (Fsp3) is 0.472. The van der Waals surface area contributed by atoms with E-state index in [4.69, 9.17) is 18.9 Å². The number of esters is 1. The van der Waals surface area contributed by atoms with E-state index in [2.05, 4.69) is 13.8 Å². The zero-order valence-corrected chi connectivity index (χ0v) is 24.7. The Morgan fingerprint density at radius 2 is 1.12 bits per heavy atom. The van der Waals surface area contributed by atoms with Gasteiger partial charge in [0.05, 0.1) is 18.8 Å². The van der Waals surface area contributed by atoms with Crippen LogP contribution in [0.25, 0.3) is 0 Å². The molecule has 0 radical (unpaired) electrons. The van der Waals surface area contributed by atoms with Crippen molar-refractivity contribution in [2.45, 2.75) is 96.5 Å². The third-order valence-corrected chi connectivity index (χ3v) is 8.19. The Kier molecular flexibility index (Phi) is 9.87. The summed E-state index contributed by atoms with van der Waals surface area (Å²) in [5, 5.41) is 0. The molecule has 1 spiro atoms. The van der Waals surface area contributed by atoms with Gasteiger partial charge in [-0.25, -0.2) is 4.79 Å². The number of hydrogen-bond donors (Lipinski definition) is 0. The van der Waals surface area contributed by atoms with Gasteiger partial charge in [-0.15, -0.1) is 0 Å². The molecule has 5 rings (SSSR count). The lowest BCUT2D eigenvalue weighted by atomic mass is 9.77. The van der Waals surface area contributed by atoms with E-state index in [-0.39, 0.29) is 5.97 Å². The quantitative estimate of drug-likeness (QED) is 0.130. The van der Waals surface area contributed by atoms with Crippen LogP contribution in [0.2, 0.25) is 0 Å². The van der Waals surface area contributed by atoms with Gasteiger partial charge in [0.25, 0.3) is 0 Å². The first-order valence-corrected chi connectivity index (χ1v) is 15.7. The summed E-state index contributed by atoms with van der Waals surface area (Å²) in [4.78, 5) is 13.1. The van der Waals surface area contributed by atoms with Gasteiger partial charge in [-0.2, -0.15) is 0 Å². The highest BCUT2D eigenvalue weighted by Gasteiger charge is 2.53. The summed E-state index contributed by atoms with van der Waals surface area (Å²) in [5.41, 5.74) is 1.94. The molecule has 2 heterocycles. The summed E-state index contributed by atoms with van der Waals surface area (Å²) >= 11 is 0. The SMILES string of the molecule is CCCCCCCCOc1ccc2c(c1)Oc1cc(OCCCCCCCC)ccc1C21OC(=O)c2ccccc21. The molecule has 0 unspecified atom stereocenters. The van der Waals surface area contributed by atoms with E-state index in [1.165, 1.54) is 64.2 Å². The smallest absolute Gasteiger partial charge is 0.340 e. The maximum absolute atomic E-state index is 13.1. The normalized spacial score (nSPS) is 14.1. The summed E-state index contributed by atoms with van der Waals surface area (Å²) in [5.74, 6) is 2.45. The molecule has 0 bridgehead atoms. The highest BCUT2D eigenvalue weighted by molar-refractivity contribution is 5.97. The van der Waals surface area contributed by atoms with Crippen LogP contribution in [-0.2, 0) is 10.3 Å². The molecule has 0 aromatic heterocycles. The van der Waals surface area contributed by atoms with Gasteiger partial charge in [0, 0.05) is 28.8 Å². The Balaban J connectivity index is 1.36. The zero-order chi connectivity index (χ0) is 28.5. The summed E-state index contributed by atoms with van der Waals surface area (Å²) in [6, 6.07) is 19.4. The predicted octanol–water partition coefficient (Wildman–Crippen LogP) is 9.73. The highest BCUT2D eigenvalue weighted by atomic mass is 16.6. The van der Waals surface area contributed by atoms with Crippen molar-refractivity contribution in [1.29, 1.82) is 0 Å². The number of rotatable bonds is 16. The van der Waals surface area contributed by atoms with Crippen molar-refractivity contribution in [1.82, 2.24) is 0 Å². The fourth-order valence-electron chi connectivity index (χ4n) is 5.96. The number of carbonyl (C=O) groups excluding carboxylic acids is 1. The average molecular weight is 557 g/mol. The molecular weight excluding hydrogens is 512 g/mol. The van der Waals surface area contributed by atoms with Gasteiger partial charge in [0.1, 0.15) is 23.0 Å². The van der Waals surface area contributed by atoms with Gasteiger partial charge in [0.2, 0.25) is 0 Å². The van der Waals surface area contributed by atoms with Crippen LogP contribution in [0.3, 0.4) is 0 Å². The van der Waals surface area contributed by atoms with E-state index in [9.17, 15) is 4.79 Å². The lowest BCUT2D eigenvalue weighted by molar-refractivity contribution is 0.0224. The Morgan fingerprint density at radius 3 is 1.68 bits per heavy atom. The number of benzene rings is 3. The predicted molar refractivity (Wildman–Crippen MR) is 162 cm³/mol. The molecule has 0 saturated heterocycles. The van der Waals surface area contributed by atoms with Gasteiger partial charge in [-0.05, 0) is 43.2 Å². The van der Waals surface area contributed by atoms with E-state index < -0.39 is 5.60 Å². The van der Waals surface area contributed by atoms with Crippen molar-refractivity contribution in [3.05, 3.63) is 82.9 Å². The number of unbranched alkanes of at least 4 members (excludes halogenated alkanes) is 10. The van der Waals surface area contributed by atoms with Gasteiger partial charge in [0.15, 0.2) is 5.60 Å². The van der Waals surface area contributed by atoms with E-state index in [1.807, 2.05) is 60.7 Å². The molecule has 0 fully saturated rings. The van der Waals surface area contributed by atoms with Crippen molar-refractivity contribution in [2.24, 2.45) is 0 Å². The number of carbonyl (C=O) groups is 1. The topological polar surface area (TPSA) is 54.0 Å². The molecule has 5 heteroatoms. The van der Waals surface area contributed by atoms with Crippen LogP contribution >= 0.6 is 0 Å². The Hall–Kier alpha value is -3.47. The number of fused-ring (bicyclic) bond motifs is 6. The third kappa shape index (κ3) is 6.39. The summed E-state index contributed by atoms with van der Waals surface area (Å²) in [6.45, 7) is 5.81. The molecule has 5 nitrogen and oxygen atoms in total. The summed E-state index contributed by atoms with van der Waals surface area (Å²) in [6.07, 6.45) is 14.6. The average Bonchev–Trinajstić information content (AvgIpc) is 3.28. The van der Waals surface area contributed by atoms with Crippen LogP contribution in [0, 0.1) is 0 Å². The third-order valence-electron chi connectivity index (χ3n) is 8.19. The second-order valence-corrected chi connectivity index (χ2v) is 11.3. The van der Waals surface area contributed by atoms with Gasteiger partial charge >= 0.3 is 5.97 Å². The van der Waals surface area contributed by atoms with Crippen LogP contribution in [0.1, 0.15) is 118 Å². The number of ether oxygens (including phenoxy) is 4. The molecule has 2 aliphatic rings. The first-order valence-electron chi connectivity index (χ1n) is 15.7. The Labute approximate surface area is 245 Å². The molecule has 0 aliphatic carbocycles. The summed E-state index contributed by atoms with van der Waals surface area (Å²) < 4.78 is 25.0. The standard InChI is InChI=1S/C36H44O5/c1-3-5-7-9-11-15-23-38-27-19-21-31-33(25-27)40-34-26-28(39-24-16-12-10-8-6-4-2)20-22-32(34)36(31)30-18-14-13-17-29(30)35(37)41-36/h13-14,17-22,25-26H,3-12,15-16,23-24H2,1-2H3. The monoisotopic (exact) mass is 556 g/mol. The first-order chi connectivity index (χ1) is 20.2. The van der Waals surface area contributed by atoms with E-state index in [1.54, 1.807) is 0 Å². The van der Waals surface area contributed by atoms with Crippen LogP contribution < -0.4 is 14.2 Å². The van der Waals surface area contributed by atoms with Crippen LogP contribution in [0.4, 0.5) is 0 Å². The minimum atomic E-state index is -1.08. The molecule has 3 aromatic rings. The Bertz CT molecular complexity index is 1250. The largest absolute Gasteiger partial charge is 0.493 e. The highest BCUT2D eigenvalue weighted by Crippen LogP contribution is 2.57. The molecule has 3 aromatic carbocycles. The molecule has 0 N–H and O–H groups in total. The van der Waals surface area contributed by atoms with Gasteiger partial charge in [-0.1, -0.05) is 96.3 Å². The van der Waals surface area contributed by atoms with Crippen molar-refractivity contribution in [2.75, 3.05) is 13.2 Å². The van der Waals surface area contributed by atoms with Crippen LogP contribution in [0.15, 0.2) is 60.7 Å². The van der Waals surface area contributed by atoms with Crippen LogP contribution in [0.5, 0.6) is 23.0 Å². The molecule has 2 aliphatic heterocycles. The van der Waals surface area contributed by atoms with E-state index >= 15 is 0 Å².